The molecular weight excluding hydrogens is 486 g/mol. The van der Waals surface area contributed by atoms with Gasteiger partial charge in [-0.3, -0.25) is 14.5 Å². The molecule has 0 radical (unpaired) electrons. The standard InChI is InChI=1S/C27H22ClNO7/c1-33-18-5-3-4-15(12-18)24-23(25(30)19-13-16(28)6-8-20(19)34-2)26(31)27(32)29(24)17-7-9-21-22(14-17)36-11-10-35-21/h3-9,12-14,24,30H,10-11H2,1-2H3/b25-23+. The maximum Gasteiger partial charge on any atom is 0.300 e. The number of benzene rings is 3. The van der Waals surface area contributed by atoms with Crippen molar-refractivity contribution >= 4 is 34.7 Å². The summed E-state index contributed by atoms with van der Waals surface area (Å²) < 4.78 is 22.0. The third kappa shape index (κ3) is 3.99. The van der Waals surface area contributed by atoms with Crippen LogP contribution in [-0.2, 0) is 9.59 Å². The van der Waals surface area contributed by atoms with E-state index in [1.54, 1.807) is 54.6 Å². The number of halogens is 1. The van der Waals surface area contributed by atoms with Gasteiger partial charge in [0.05, 0.1) is 31.4 Å². The van der Waals surface area contributed by atoms with Crippen LogP contribution in [0.15, 0.2) is 66.2 Å². The highest BCUT2D eigenvalue weighted by atomic mass is 35.5. The van der Waals surface area contributed by atoms with Gasteiger partial charge in [-0.15, -0.1) is 0 Å². The van der Waals surface area contributed by atoms with E-state index in [0.717, 1.165) is 0 Å². The first-order chi connectivity index (χ1) is 17.4. The Morgan fingerprint density at radius 3 is 2.50 bits per heavy atom. The molecule has 0 aromatic heterocycles. The number of anilines is 1. The van der Waals surface area contributed by atoms with Crippen LogP contribution in [0.2, 0.25) is 5.02 Å². The quantitative estimate of drug-likeness (QED) is 0.302. The number of ether oxygens (including phenoxy) is 4. The molecule has 1 amide bonds. The first-order valence-corrected chi connectivity index (χ1v) is 11.5. The van der Waals surface area contributed by atoms with E-state index in [1.165, 1.54) is 25.2 Å². The fourth-order valence-electron chi connectivity index (χ4n) is 4.42. The Morgan fingerprint density at radius 2 is 1.75 bits per heavy atom. The van der Waals surface area contributed by atoms with E-state index in [0.29, 0.717) is 52.5 Å². The van der Waals surface area contributed by atoms with Crippen LogP contribution in [-0.4, -0.2) is 44.2 Å². The molecule has 1 unspecified atom stereocenters. The van der Waals surface area contributed by atoms with Gasteiger partial charge in [0.25, 0.3) is 11.7 Å². The fourth-order valence-corrected chi connectivity index (χ4v) is 4.59. The number of Topliss-reactive ketones (excluding diaryl/α,β-unsaturated/α-hetero) is 1. The van der Waals surface area contributed by atoms with Crippen LogP contribution in [0.5, 0.6) is 23.0 Å². The van der Waals surface area contributed by atoms with E-state index < -0.39 is 23.5 Å². The van der Waals surface area contributed by atoms with Crippen molar-refractivity contribution in [3.63, 3.8) is 0 Å². The fraction of sp³-hybridized carbons (Fsp3) is 0.185. The van der Waals surface area contributed by atoms with E-state index >= 15 is 0 Å². The normalized spacial score (nSPS) is 18.3. The predicted molar refractivity (Wildman–Crippen MR) is 133 cm³/mol. The molecule has 8 nitrogen and oxygen atoms in total. The molecule has 3 aromatic rings. The average molecular weight is 508 g/mol. The Labute approximate surface area is 212 Å². The second-order valence-electron chi connectivity index (χ2n) is 8.12. The summed E-state index contributed by atoms with van der Waals surface area (Å²) >= 11 is 6.18. The third-order valence-electron chi connectivity index (χ3n) is 6.07. The number of aliphatic hydroxyl groups excluding tert-OH is 1. The van der Waals surface area contributed by atoms with Crippen molar-refractivity contribution in [3.05, 3.63) is 82.4 Å². The molecule has 0 bridgehead atoms. The summed E-state index contributed by atoms with van der Waals surface area (Å²) in [5.41, 5.74) is 1.05. The summed E-state index contributed by atoms with van der Waals surface area (Å²) in [5.74, 6) is -0.225. The lowest BCUT2D eigenvalue weighted by Gasteiger charge is -2.27. The lowest BCUT2D eigenvalue weighted by molar-refractivity contribution is -0.132. The molecule has 1 atom stereocenters. The highest BCUT2D eigenvalue weighted by Crippen LogP contribution is 2.46. The number of hydrogen-bond acceptors (Lipinski definition) is 7. The largest absolute Gasteiger partial charge is 0.507 e. The molecule has 5 rings (SSSR count). The number of ketones is 1. The summed E-state index contributed by atoms with van der Waals surface area (Å²) in [7, 11) is 2.96. The van der Waals surface area contributed by atoms with Gasteiger partial charge in [0.15, 0.2) is 11.5 Å². The van der Waals surface area contributed by atoms with Gasteiger partial charge in [0, 0.05) is 16.8 Å². The average Bonchev–Trinajstić information content (AvgIpc) is 3.18. The molecule has 0 saturated carbocycles. The van der Waals surface area contributed by atoms with E-state index in [1.807, 2.05) is 0 Å². The smallest absolute Gasteiger partial charge is 0.300 e. The molecule has 9 heteroatoms. The Balaban J connectivity index is 1.74. The van der Waals surface area contributed by atoms with Crippen LogP contribution in [0.4, 0.5) is 5.69 Å². The lowest BCUT2D eigenvalue weighted by atomic mass is 9.94. The topological polar surface area (TPSA) is 94.5 Å². The minimum Gasteiger partial charge on any atom is -0.507 e. The molecular formula is C27H22ClNO7. The van der Waals surface area contributed by atoms with Gasteiger partial charge in [0.1, 0.15) is 30.5 Å². The number of amides is 1. The van der Waals surface area contributed by atoms with Crippen LogP contribution in [0.3, 0.4) is 0 Å². The molecule has 1 saturated heterocycles. The molecule has 2 aliphatic rings. The highest BCUT2D eigenvalue weighted by Gasteiger charge is 2.47. The monoisotopic (exact) mass is 507 g/mol. The van der Waals surface area contributed by atoms with Gasteiger partial charge in [0.2, 0.25) is 0 Å². The summed E-state index contributed by atoms with van der Waals surface area (Å²) in [6, 6.07) is 15.7. The number of carbonyl (C=O) groups excluding carboxylic acids is 2. The summed E-state index contributed by atoms with van der Waals surface area (Å²) in [6.07, 6.45) is 0. The van der Waals surface area contributed by atoms with Crippen LogP contribution >= 0.6 is 11.6 Å². The van der Waals surface area contributed by atoms with Crippen molar-refractivity contribution < 1.29 is 33.6 Å². The maximum atomic E-state index is 13.5. The minimum atomic E-state index is -0.966. The van der Waals surface area contributed by atoms with Gasteiger partial charge < -0.3 is 24.1 Å². The Hall–Kier alpha value is -4.17. The van der Waals surface area contributed by atoms with Gasteiger partial charge in [-0.1, -0.05) is 23.7 Å². The number of aliphatic hydroxyl groups is 1. The van der Waals surface area contributed by atoms with E-state index in [-0.39, 0.29) is 11.1 Å². The number of fused-ring (bicyclic) bond motifs is 1. The number of hydrogen-bond donors (Lipinski definition) is 1. The highest BCUT2D eigenvalue weighted by molar-refractivity contribution is 6.51. The van der Waals surface area contributed by atoms with Crippen molar-refractivity contribution in [2.24, 2.45) is 0 Å². The van der Waals surface area contributed by atoms with Crippen molar-refractivity contribution in [3.8, 4) is 23.0 Å². The number of methoxy groups -OCH3 is 2. The van der Waals surface area contributed by atoms with E-state index in [9.17, 15) is 14.7 Å². The maximum absolute atomic E-state index is 13.5. The van der Waals surface area contributed by atoms with Gasteiger partial charge in [-0.25, -0.2) is 0 Å². The molecule has 3 aromatic carbocycles. The molecule has 184 valence electrons. The third-order valence-corrected chi connectivity index (χ3v) is 6.31. The summed E-state index contributed by atoms with van der Waals surface area (Å²) in [4.78, 5) is 28.2. The van der Waals surface area contributed by atoms with Gasteiger partial charge >= 0.3 is 0 Å². The molecule has 1 fully saturated rings. The molecule has 2 aliphatic heterocycles. The van der Waals surface area contributed by atoms with E-state index in [2.05, 4.69) is 0 Å². The van der Waals surface area contributed by atoms with Crippen molar-refractivity contribution in [1.29, 1.82) is 0 Å². The zero-order valence-corrected chi connectivity index (χ0v) is 20.2. The Bertz CT molecular complexity index is 1400. The second-order valence-corrected chi connectivity index (χ2v) is 8.55. The lowest BCUT2D eigenvalue weighted by Crippen LogP contribution is -2.29. The van der Waals surface area contributed by atoms with Crippen molar-refractivity contribution in [2.45, 2.75) is 6.04 Å². The van der Waals surface area contributed by atoms with Crippen molar-refractivity contribution in [2.75, 3.05) is 32.3 Å². The van der Waals surface area contributed by atoms with E-state index in [4.69, 9.17) is 30.5 Å². The van der Waals surface area contributed by atoms with Gasteiger partial charge in [-0.05, 0) is 48.0 Å². The molecule has 1 N–H and O–H groups in total. The van der Waals surface area contributed by atoms with Gasteiger partial charge in [-0.2, -0.15) is 0 Å². The number of rotatable bonds is 5. The second kappa shape index (κ2) is 9.47. The number of carbonyl (C=O) groups is 2. The Morgan fingerprint density at radius 1 is 0.972 bits per heavy atom. The first kappa shape index (κ1) is 23.6. The molecule has 2 heterocycles. The Kier molecular flexibility index (Phi) is 6.20. The number of nitrogens with zero attached hydrogens (tertiary/aromatic N) is 1. The first-order valence-electron chi connectivity index (χ1n) is 11.1. The molecule has 36 heavy (non-hydrogen) atoms. The summed E-state index contributed by atoms with van der Waals surface area (Å²) in [6.45, 7) is 0.783. The SMILES string of the molecule is COc1cccc(C2/C(=C(\O)c3cc(Cl)ccc3OC)C(=O)C(=O)N2c2ccc3c(c2)OCCO3)c1. The zero-order chi connectivity index (χ0) is 25.4. The molecule has 0 aliphatic carbocycles. The van der Waals surface area contributed by atoms with Crippen LogP contribution in [0.1, 0.15) is 17.2 Å². The van der Waals surface area contributed by atoms with Crippen molar-refractivity contribution in [1.82, 2.24) is 0 Å². The van der Waals surface area contributed by atoms with Crippen LogP contribution in [0.25, 0.3) is 5.76 Å². The minimum absolute atomic E-state index is 0.108. The molecule has 0 spiro atoms. The zero-order valence-electron chi connectivity index (χ0n) is 19.5. The summed E-state index contributed by atoms with van der Waals surface area (Å²) in [5, 5.41) is 11.8. The predicted octanol–water partition coefficient (Wildman–Crippen LogP) is 4.75. The van der Waals surface area contributed by atoms with Crippen LogP contribution in [0, 0.1) is 0 Å². The van der Waals surface area contributed by atoms with Crippen LogP contribution < -0.4 is 23.8 Å².